The maximum Gasteiger partial charge on any atom is 0.156 e. The van der Waals surface area contributed by atoms with Gasteiger partial charge in [-0.3, -0.25) is 4.98 Å². The third-order valence-electron chi connectivity index (χ3n) is 4.59. The van der Waals surface area contributed by atoms with Crippen LogP contribution in [-0.4, -0.2) is 46.6 Å². The Hall–Kier alpha value is -2.84. The Labute approximate surface area is 182 Å². The molecule has 1 N–H and O–H groups in total. The molecule has 0 saturated heterocycles. The molecule has 0 aliphatic heterocycles. The van der Waals surface area contributed by atoms with Crippen molar-refractivity contribution in [2.24, 2.45) is 0 Å². The zero-order valence-electron chi connectivity index (χ0n) is 16.9. The van der Waals surface area contributed by atoms with E-state index >= 15 is 4.39 Å². The van der Waals surface area contributed by atoms with Crippen molar-refractivity contribution in [3.8, 4) is 5.75 Å². The summed E-state index contributed by atoms with van der Waals surface area (Å²) in [6.07, 6.45) is 3.03. The Morgan fingerprint density at radius 1 is 1.13 bits per heavy atom. The van der Waals surface area contributed by atoms with Crippen LogP contribution in [0.3, 0.4) is 0 Å². The molecule has 1 unspecified atom stereocenters. The fourth-order valence-corrected chi connectivity index (χ4v) is 3.84. The first kappa shape index (κ1) is 20.4. The summed E-state index contributed by atoms with van der Waals surface area (Å²) in [7, 11) is 3.98. The van der Waals surface area contributed by atoms with Gasteiger partial charge in [-0.2, -0.15) is 0 Å². The van der Waals surface area contributed by atoms with Crippen LogP contribution in [0.15, 0.2) is 53.4 Å². The van der Waals surface area contributed by atoms with Gasteiger partial charge in [-0.05, 0) is 57.4 Å². The standard InChI is InChI=1S/C22H21BrFN5O/c1-13(11-29(2)3)30-19-10-14(23)9-18-20(19)22(27-12-26-18)28-17-7-6-16-15(21(17)24)5-4-8-25-16/h4-10,12-13H,11H2,1-3H3,(H,26,27,28). The average Bonchev–Trinajstić information content (AvgIpc) is 2.69. The van der Waals surface area contributed by atoms with Crippen molar-refractivity contribution in [3.63, 3.8) is 0 Å². The van der Waals surface area contributed by atoms with Gasteiger partial charge in [0.1, 0.15) is 24.0 Å². The van der Waals surface area contributed by atoms with Crippen molar-refractivity contribution in [3.05, 3.63) is 59.2 Å². The minimum Gasteiger partial charge on any atom is -0.488 e. The van der Waals surface area contributed by atoms with Gasteiger partial charge in [0, 0.05) is 22.6 Å². The maximum atomic E-state index is 15.1. The summed E-state index contributed by atoms with van der Waals surface area (Å²) in [5, 5.41) is 4.26. The van der Waals surface area contributed by atoms with Crippen molar-refractivity contribution in [2.75, 3.05) is 26.0 Å². The van der Waals surface area contributed by atoms with E-state index < -0.39 is 0 Å². The van der Waals surface area contributed by atoms with Crippen LogP contribution in [0.5, 0.6) is 5.75 Å². The summed E-state index contributed by atoms with van der Waals surface area (Å²) in [5.41, 5.74) is 1.60. The van der Waals surface area contributed by atoms with E-state index in [1.165, 1.54) is 6.33 Å². The lowest BCUT2D eigenvalue weighted by Gasteiger charge is -2.21. The average molecular weight is 470 g/mol. The first-order valence-electron chi connectivity index (χ1n) is 9.48. The number of halogens is 2. The number of aromatic nitrogens is 3. The number of hydrogen-bond acceptors (Lipinski definition) is 6. The van der Waals surface area contributed by atoms with Crippen LogP contribution in [0.1, 0.15) is 6.92 Å². The highest BCUT2D eigenvalue weighted by Crippen LogP contribution is 2.36. The van der Waals surface area contributed by atoms with Gasteiger partial charge in [0.05, 0.1) is 22.1 Å². The summed E-state index contributed by atoms with van der Waals surface area (Å²) in [4.78, 5) is 15.0. The molecule has 2 heterocycles. The second-order valence-electron chi connectivity index (χ2n) is 7.33. The van der Waals surface area contributed by atoms with E-state index in [2.05, 4.69) is 41.1 Å². The molecule has 0 aliphatic carbocycles. The monoisotopic (exact) mass is 469 g/mol. The van der Waals surface area contributed by atoms with Crippen molar-refractivity contribution in [1.29, 1.82) is 0 Å². The van der Waals surface area contributed by atoms with E-state index in [1.807, 2.05) is 33.2 Å². The number of ether oxygens (including phenoxy) is 1. The van der Waals surface area contributed by atoms with Crippen LogP contribution in [0.25, 0.3) is 21.8 Å². The molecule has 2 aromatic carbocycles. The van der Waals surface area contributed by atoms with Gasteiger partial charge in [0.2, 0.25) is 0 Å². The van der Waals surface area contributed by atoms with E-state index in [1.54, 1.807) is 30.5 Å². The largest absolute Gasteiger partial charge is 0.488 e. The SMILES string of the molecule is CC(CN(C)C)Oc1cc(Br)cc2ncnc(Nc3ccc4ncccc4c3F)c12. The molecule has 4 aromatic rings. The molecular weight excluding hydrogens is 449 g/mol. The van der Waals surface area contributed by atoms with Gasteiger partial charge in [-0.15, -0.1) is 0 Å². The predicted octanol–water partition coefficient (Wildman–Crippen LogP) is 5.15. The number of hydrogen-bond donors (Lipinski definition) is 1. The van der Waals surface area contributed by atoms with Crippen molar-refractivity contribution < 1.29 is 9.13 Å². The highest BCUT2D eigenvalue weighted by atomic mass is 79.9. The third kappa shape index (κ3) is 4.20. The summed E-state index contributed by atoms with van der Waals surface area (Å²) in [6, 6.07) is 10.6. The number of anilines is 2. The number of pyridine rings is 1. The molecule has 0 amide bonds. The maximum absolute atomic E-state index is 15.1. The Kier molecular flexibility index (Phi) is 5.78. The van der Waals surface area contributed by atoms with Crippen LogP contribution in [0.2, 0.25) is 0 Å². The fourth-order valence-electron chi connectivity index (χ4n) is 3.42. The summed E-state index contributed by atoms with van der Waals surface area (Å²) in [6.45, 7) is 2.75. The third-order valence-corrected chi connectivity index (χ3v) is 5.05. The van der Waals surface area contributed by atoms with Gasteiger partial charge >= 0.3 is 0 Å². The second kappa shape index (κ2) is 8.49. The van der Waals surface area contributed by atoms with Crippen LogP contribution >= 0.6 is 15.9 Å². The summed E-state index contributed by atoms with van der Waals surface area (Å²) >= 11 is 3.52. The van der Waals surface area contributed by atoms with E-state index in [0.717, 1.165) is 11.0 Å². The lowest BCUT2D eigenvalue weighted by Crippen LogP contribution is -2.28. The molecule has 0 radical (unpaired) electrons. The molecule has 0 spiro atoms. The first-order chi connectivity index (χ1) is 14.4. The van der Waals surface area contributed by atoms with Gasteiger partial charge < -0.3 is 15.0 Å². The lowest BCUT2D eigenvalue weighted by molar-refractivity contribution is 0.179. The molecule has 0 aliphatic rings. The second-order valence-corrected chi connectivity index (χ2v) is 8.25. The van der Waals surface area contributed by atoms with Gasteiger partial charge in [0.15, 0.2) is 5.82 Å². The molecule has 154 valence electrons. The zero-order valence-corrected chi connectivity index (χ0v) is 18.4. The van der Waals surface area contributed by atoms with Gasteiger partial charge in [-0.25, -0.2) is 14.4 Å². The van der Waals surface area contributed by atoms with Crippen LogP contribution in [0, 0.1) is 5.82 Å². The van der Waals surface area contributed by atoms with Crippen LogP contribution in [0.4, 0.5) is 15.9 Å². The predicted molar refractivity (Wildman–Crippen MR) is 121 cm³/mol. The Morgan fingerprint density at radius 3 is 2.77 bits per heavy atom. The molecule has 0 saturated carbocycles. The molecule has 0 bridgehead atoms. The van der Waals surface area contributed by atoms with Crippen molar-refractivity contribution in [2.45, 2.75) is 13.0 Å². The summed E-state index contributed by atoms with van der Waals surface area (Å²) < 4.78 is 22.1. The normalized spacial score (nSPS) is 12.5. The van der Waals surface area contributed by atoms with E-state index in [0.29, 0.717) is 39.1 Å². The van der Waals surface area contributed by atoms with E-state index in [9.17, 15) is 0 Å². The van der Waals surface area contributed by atoms with E-state index in [-0.39, 0.29) is 11.9 Å². The number of nitrogens with one attached hydrogen (secondary N) is 1. The van der Waals surface area contributed by atoms with Crippen molar-refractivity contribution in [1.82, 2.24) is 19.9 Å². The number of nitrogens with zero attached hydrogens (tertiary/aromatic N) is 4. The lowest BCUT2D eigenvalue weighted by atomic mass is 10.1. The smallest absolute Gasteiger partial charge is 0.156 e. The number of rotatable bonds is 6. The molecular formula is C22H21BrFN5O. The zero-order chi connectivity index (χ0) is 21.3. The number of fused-ring (bicyclic) bond motifs is 2. The minimum absolute atomic E-state index is 0.0611. The van der Waals surface area contributed by atoms with Gasteiger partial charge in [-0.1, -0.05) is 15.9 Å². The van der Waals surface area contributed by atoms with Crippen LogP contribution < -0.4 is 10.1 Å². The molecule has 6 nitrogen and oxygen atoms in total. The molecule has 2 aromatic heterocycles. The Morgan fingerprint density at radius 2 is 1.97 bits per heavy atom. The van der Waals surface area contributed by atoms with Crippen molar-refractivity contribution >= 4 is 49.2 Å². The van der Waals surface area contributed by atoms with Crippen LogP contribution in [-0.2, 0) is 0 Å². The molecule has 30 heavy (non-hydrogen) atoms. The minimum atomic E-state index is -0.382. The quantitative estimate of drug-likeness (QED) is 0.421. The number of benzene rings is 2. The van der Waals surface area contributed by atoms with Gasteiger partial charge in [0.25, 0.3) is 0 Å². The Balaban J connectivity index is 1.79. The molecule has 0 fully saturated rings. The highest BCUT2D eigenvalue weighted by molar-refractivity contribution is 9.10. The topological polar surface area (TPSA) is 63.2 Å². The molecule has 1 atom stereocenters. The molecule has 8 heteroatoms. The Bertz CT molecular complexity index is 1220. The first-order valence-corrected chi connectivity index (χ1v) is 10.3. The highest BCUT2D eigenvalue weighted by Gasteiger charge is 2.17. The summed E-state index contributed by atoms with van der Waals surface area (Å²) in [5.74, 6) is 0.717. The fraction of sp³-hybridized carbons (Fsp3) is 0.227. The molecule has 4 rings (SSSR count). The number of likely N-dealkylation sites (N-methyl/N-ethyl adjacent to an activating group) is 1. The van der Waals surface area contributed by atoms with E-state index in [4.69, 9.17) is 4.74 Å².